The highest BCUT2D eigenvalue weighted by atomic mass is 31.2. The van der Waals surface area contributed by atoms with E-state index in [9.17, 15) is 14.3 Å². The van der Waals surface area contributed by atoms with Gasteiger partial charge in [-0.25, -0.2) is 4.57 Å². The summed E-state index contributed by atoms with van der Waals surface area (Å²) >= 11 is 0. The van der Waals surface area contributed by atoms with E-state index in [2.05, 4.69) is 28.1 Å². The first-order valence-corrected chi connectivity index (χ1v) is 17.7. The van der Waals surface area contributed by atoms with Gasteiger partial charge in [0, 0.05) is 19.3 Å². The lowest BCUT2D eigenvalue weighted by Gasteiger charge is -2.24. The fraction of sp³-hybridized carbons (Fsp3) is 0.788. The number of phosphoric acid groups is 1. The minimum absolute atomic E-state index is 0.0115. The molecule has 1 aromatic rings. The van der Waals surface area contributed by atoms with E-state index in [1.165, 1.54) is 64.2 Å². The topological polar surface area (TPSA) is 82.1 Å². The van der Waals surface area contributed by atoms with Crippen molar-refractivity contribution in [1.82, 2.24) is 0 Å². The van der Waals surface area contributed by atoms with Crippen molar-refractivity contribution in [2.75, 3.05) is 47.5 Å². The van der Waals surface area contributed by atoms with Crippen LogP contribution in [-0.2, 0) is 24.8 Å². The van der Waals surface area contributed by atoms with Gasteiger partial charge in [0.05, 0.1) is 47.5 Å². The van der Waals surface area contributed by atoms with E-state index in [1.807, 2.05) is 31.2 Å². The maximum atomic E-state index is 12.5. The Morgan fingerprint density at radius 3 is 2.10 bits per heavy atom. The Labute approximate surface area is 251 Å². The Hall–Kier alpha value is -1.24. The van der Waals surface area contributed by atoms with Crippen LogP contribution in [-0.4, -0.2) is 62.7 Å². The number of carbonyl (C=O) groups excluding carboxylic acids is 1. The number of hydrogen-bond donors (Lipinski definition) is 1. The third kappa shape index (κ3) is 22.0. The Morgan fingerprint density at radius 1 is 0.854 bits per heavy atom. The standard InChI is InChI=1S/C33H60NO6P/c1-6-8-9-10-11-12-13-14-15-16-17-24-38-33-22-18-21-30(28-33)26-31(27-32(35)20-7-2)29-40-41(36,37)39-25-19-23-34(3,4)5/h18,21-22,28,31H,6-17,19-20,23-27,29H2,1-5H3/p+1. The molecule has 0 saturated heterocycles. The summed E-state index contributed by atoms with van der Waals surface area (Å²) in [6, 6.07) is 7.94. The molecule has 1 rings (SSSR count). The van der Waals surface area contributed by atoms with Gasteiger partial charge < -0.3 is 14.1 Å². The van der Waals surface area contributed by atoms with Gasteiger partial charge in [-0.05, 0) is 42.9 Å². The number of hydrogen-bond acceptors (Lipinski definition) is 5. The van der Waals surface area contributed by atoms with E-state index in [0.717, 1.165) is 35.2 Å². The molecule has 0 bridgehead atoms. The summed E-state index contributed by atoms with van der Waals surface area (Å²) in [5.41, 5.74) is 1.02. The van der Waals surface area contributed by atoms with Gasteiger partial charge in [-0.1, -0.05) is 90.2 Å². The van der Waals surface area contributed by atoms with Crippen LogP contribution in [0.2, 0.25) is 0 Å². The minimum Gasteiger partial charge on any atom is -0.494 e. The normalized spacial score (nSPS) is 14.1. The number of unbranched alkanes of at least 4 members (excludes halogenated alkanes) is 10. The molecule has 2 atom stereocenters. The zero-order valence-electron chi connectivity index (χ0n) is 26.9. The third-order valence-corrected chi connectivity index (χ3v) is 8.17. The SMILES string of the molecule is CCCCCCCCCCCCCOc1cccc(CC(COP(=O)(O)OCCC[N+](C)(C)C)CC(=O)CCC)c1. The molecule has 0 aliphatic rings. The second-order valence-corrected chi connectivity index (χ2v) is 14.0. The van der Waals surface area contributed by atoms with Gasteiger partial charge in [-0.15, -0.1) is 0 Å². The van der Waals surface area contributed by atoms with Crippen LogP contribution in [0.4, 0.5) is 0 Å². The Bertz CT molecular complexity index is 856. The van der Waals surface area contributed by atoms with Crippen LogP contribution in [0, 0.1) is 5.92 Å². The van der Waals surface area contributed by atoms with E-state index in [-0.39, 0.29) is 24.9 Å². The van der Waals surface area contributed by atoms with Crippen molar-refractivity contribution in [3.8, 4) is 5.75 Å². The average molecular weight is 599 g/mol. The Balaban J connectivity index is 2.46. The molecule has 0 amide bonds. The van der Waals surface area contributed by atoms with Gasteiger partial charge in [-0.3, -0.25) is 13.8 Å². The number of nitrogens with zero attached hydrogens (tertiary/aromatic N) is 1. The summed E-state index contributed by atoms with van der Waals surface area (Å²) in [5.74, 6) is 0.746. The highest BCUT2D eigenvalue weighted by Crippen LogP contribution is 2.44. The highest BCUT2D eigenvalue weighted by Gasteiger charge is 2.25. The molecule has 0 aliphatic carbocycles. The largest absolute Gasteiger partial charge is 0.494 e. The van der Waals surface area contributed by atoms with Gasteiger partial charge >= 0.3 is 7.82 Å². The van der Waals surface area contributed by atoms with Crippen LogP contribution in [0.1, 0.15) is 116 Å². The molecule has 1 N–H and O–H groups in total. The van der Waals surface area contributed by atoms with Crippen LogP contribution in [0.15, 0.2) is 24.3 Å². The number of quaternary nitrogens is 1. The van der Waals surface area contributed by atoms with Crippen LogP contribution in [0.3, 0.4) is 0 Å². The van der Waals surface area contributed by atoms with Crippen molar-refractivity contribution in [2.45, 2.75) is 117 Å². The fourth-order valence-electron chi connectivity index (χ4n) is 4.90. The molecule has 0 saturated carbocycles. The number of ketones is 1. The molecule has 0 spiro atoms. The van der Waals surface area contributed by atoms with E-state index in [1.54, 1.807) is 0 Å². The van der Waals surface area contributed by atoms with E-state index >= 15 is 0 Å². The Morgan fingerprint density at radius 2 is 1.49 bits per heavy atom. The number of benzene rings is 1. The van der Waals surface area contributed by atoms with Crippen molar-refractivity contribution in [3.05, 3.63) is 29.8 Å². The number of carbonyl (C=O) groups is 1. The number of ether oxygens (including phenoxy) is 1. The molecule has 7 nitrogen and oxygen atoms in total. The molecular weight excluding hydrogens is 537 g/mol. The van der Waals surface area contributed by atoms with Crippen molar-refractivity contribution < 1.29 is 32.5 Å². The smallest absolute Gasteiger partial charge is 0.472 e. The van der Waals surface area contributed by atoms with Crippen LogP contribution < -0.4 is 4.74 Å². The molecule has 1 aromatic carbocycles. The first-order valence-electron chi connectivity index (χ1n) is 16.2. The second kappa shape index (κ2) is 22.3. The molecule has 238 valence electrons. The molecule has 0 aromatic heterocycles. The van der Waals surface area contributed by atoms with Gasteiger partial charge in [-0.2, -0.15) is 0 Å². The highest BCUT2D eigenvalue weighted by molar-refractivity contribution is 7.47. The van der Waals surface area contributed by atoms with Gasteiger partial charge in [0.2, 0.25) is 0 Å². The zero-order valence-corrected chi connectivity index (χ0v) is 27.8. The second-order valence-electron chi connectivity index (χ2n) is 12.6. The Kier molecular flexibility index (Phi) is 20.6. The summed E-state index contributed by atoms with van der Waals surface area (Å²) in [6.07, 6.45) is 17.1. The quantitative estimate of drug-likeness (QED) is 0.0621. The summed E-state index contributed by atoms with van der Waals surface area (Å²) in [5, 5.41) is 0. The van der Waals surface area contributed by atoms with Crippen LogP contribution in [0.5, 0.6) is 5.75 Å². The zero-order chi connectivity index (χ0) is 30.4. The van der Waals surface area contributed by atoms with Gasteiger partial charge in [0.15, 0.2) is 0 Å². The van der Waals surface area contributed by atoms with Crippen molar-refractivity contribution >= 4 is 13.6 Å². The van der Waals surface area contributed by atoms with Crippen molar-refractivity contribution in [1.29, 1.82) is 0 Å². The summed E-state index contributed by atoms with van der Waals surface area (Å²) in [7, 11) is 2.00. The van der Waals surface area contributed by atoms with Crippen molar-refractivity contribution in [2.24, 2.45) is 5.92 Å². The lowest BCUT2D eigenvalue weighted by molar-refractivity contribution is -0.870. The molecule has 0 radical (unpaired) electrons. The monoisotopic (exact) mass is 598 g/mol. The maximum Gasteiger partial charge on any atom is 0.472 e. The molecule has 41 heavy (non-hydrogen) atoms. The van der Waals surface area contributed by atoms with Gasteiger partial charge in [0.25, 0.3) is 0 Å². The summed E-state index contributed by atoms with van der Waals surface area (Å²) in [6.45, 7) is 5.90. The van der Waals surface area contributed by atoms with Gasteiger partial charge in [0.1, 0.15) is 11.5 Å². The molecule has 0 fully saturated rings. The van der Waals surface area contributed by atoms with Crippen LogP contribution >= 0.6 is 7.82 Å². The molecule has 2 unspecified atom stereocenters. The first kappa shape index (κ1) is 37.8. The summed E-state index contributed by atoms with van der Waals surface area (Å²) in [4.78, 5) is 22.6. The fourth-order valence-corrected chi connectivity index (χ4v) is 5.73. The molecular formula is C33H61NO6P+. The van der Waals surface area contributed by atoms with Crippen LogP contribution in [0.25, 0.3) is 0 Å². The lowest BCUT2D eigenvalue weighted by Crippen LogP contribution is -2.35. The third-order valence-electron chi connectivity index (χ3n) is 7.19. The average Bonchev–Trinajstić information content (AvgIpc) is 2.90. The maximum absolute atomic E-state index is 12.5. The summed E-state index contributed by atoms with van der Waals surface area (Å²) < 4.78 is 29.8. The molecule has 0 aliphatic heterocycles. The molecule has 8 heteroatoms. The van der Waals surface area contributed by atoms with E-state index in [0.29, 0.717) is 32.3 Å². The van der Waals surface area contributed by atoms with E-state index in [4.69, 9.17) is 13.8 Å². The molecule has 0 heterocycles. The number of phosphoric ester groups is 1. The number of Topliss-reactive ketones (excluding diaryl/α,β-unsaturated/α-hetero) is 1. The predicted octanol–water partition coefficient (Wildman–Crippen LogP) is 8.52. The predicted molar refractivity (Wildman–Crippen MR) is 169 cm³/mol. The van der Waals surface area contributed by atoms with E-state index < -0.39 is 7.82 Å². The lowest BCUT2D eigenvalue weighted by atomic mass is 9.94. The van der Waals surface area contributed by atoms with Crippen molar-refractivity contribution in [3.63, 3.8) is 0 Å². The number of rotatable bonds is 27. The minimum atomic E-state index is -4.18. The first-order chi connectivity index (χ1) is 19.5.